The van der Waals surface area contributed by atoms with Crippen LogP contribution in [0.3, 0.4) is 0 Å². The van der Waals surface area contributed by atoms with Crippen LogP contribution in [0.5, 0.6) is 0 Å². The lowest BCUT2D eigenvalue weighted by molar-refractivity contribution is -0.385. The third-order valence-electron chi connectivity index (χ3n) is 3.72. The summed E-state index contributed by atoms with van der Waals surface area (Å²) in [6, 6.07) is 11.0. The number of aryl methyl sites for hydroxylation is 1. The maximum absolute atomic E-state index is 12.1. The van der Waals surface area contributed by atoms with Crippen LogP contribution in [0.1, 0.15) is 34.5 Å². The van der Waals surface area contributed by atoms with Crippen LogP contribution in [-0.2, 0) is 9.53 Å². The molecule has 2 aromatic rings. The fourth-order valence-electron chi connectivity index (χ4n) is 2.39. The number of nitrogens with one attached hydrogen (secondary N) is 1. The number of ether oxygens (including phenoxy) is 1. The third kappa shape index (κ3) is 4.80. The second-order valence-corrected chi connectivity index (χ2v) is 6.08. The summed E-state index contributed by atoms with van der Waals surface area (Å²) < 4.78 is 4.92. The number of para-hydroxylation sites is 1. The van der Waals surface area contributed by atoms with E-state index < -0.39 is 23.4 Å². The van der Waals surface area contributed by atoms with Crippen LogP contribution in [0, 0.1) is 17.0 Å². The van der Waals surface area contributed by atoms with Gasteiger partial charge in [-0.2, -0.15) is 0 Å². The van der Waals surface area contributed by atoms with E-state index in [-0.39, 0.29) is 17.3 Å². The van der Waals surface area contributed by atoms with E-state index in [4.69, 9.17) is 16.3 Å². The van der Waals surface area contributed by atoms with Crippen LogP contribution in [-0.4, -0.2) is 23.4 Å². The molecule has 8 heteroatoms. The van der Waals surface area contributed by atoms with E-state index in [1.165, 1.54) is 25.1 Å². The fourth-order valence-corrected chi connectivity index (χ4v) is 2.52. The number of nitro benzene ring substituents is 1. The molecular weight excluding hydrogens is 360 g/mol. The Bertz CT molecular complexity index is 836. The van der Waals surface area contributed by atoms with Crippen molar-refractivity contribution in [2.24, 2.45) is 0 Å². The van der Waals surface area contributed by atoms with E-state index in [2.05, 4.69) is 5.32 Å². The zero-order chi connectivity index (χ0) is 19.3. The number of benzene rings is 2. The largest absolute Gasteiger partial charge is 0.452 e. The Hall–Kier alpha value is -2.93. The summed E-state index contributed by atoms with van der Waals surface area (Å²) in [5.41, 5.74) is 0.662. The molecule has 0 radical (unpaired) electrons. The highest BCUT2D eigenvalue weighted by atomic mass is 35.5. The molecule has 2 rings (SSSR count). The Morgan fingerprint density at radius 1 is 1.23 bits per heavy atom. The third-order valence-corrected chi connectivity index (χ3v) is 3.97. The first kappa shape index (κ1) is 19.4. The normalized spacial score (nSPS) is 11.5. The summed E-state index contributed by atoms with van der Waals surface area (Å²) in [4.78, 5) is 34.5. The van der Waals surface area contributed by atoms with Crippen LogP contribution < -0.4 is 5.32 Å². The maximum Gasteiger partial charge on any atom is 0.345 e. The molecule has 1 N–H and O–H groups in total. The lowest BCUT2D eigenvalue weighted by Crippen LogP contribution is -2.31. The molecule has 0 aliphatic rings. The van der Waals surface area contributed by atoms with Crippen molar-refractivity contribution in [3.8, 4) is 0 Å². The Kier molecular flexibility index (Phi) is 6.30. The minimum absolute atomic E-state index is 0.187. The lowest BCUT2D eigenvalue weighted by atomic mass is 10.1. The molecule has 0 bridgehead atoms. The van der Waals surface area contributed by atoms with Gasteiger partial charge in [0.05, 0.1) is 11.0 Å². The van der Waals surface area contributed by atoms with Crippen molar-refractivity contribution >= 4 is 29.2 Å². The predicted octanol–water partition coefficient (Wildman–Crippen LogP) is 3.59. The fraction of sp³-hybridized carbons (Fsp3) is 0.222. The van der Waals surface area contributed by atoms with Gasteiger partial charge in [0, 0.05) is 10.6 Å². The average Bonchev–Trinajstić information content (AvgIpc) is 2.59. The smallest absolute Gasteiger partial charge is 0.345 e. The van der Waals surface area contributed by atoms with Crippen molar-refractivity contribution in [1.82, 2.24) is 5.32 Å². The van der Waals surface area contributed by atoms with Gasteiger partial charge in [-0.1, -0.05) is 35.9 Å². The number of amides is 1. The molecule has 1 atom stereocenters. The van der Waals surface area contributed by atoms with E-state index >= 15 is 0 Å². The van der Waals surface area contributed by atoms with Gasteiger partial charge in [-0.3, -0.25) is 14.9 Å². The van der Waals surface area contributed by atoms with Gasteiger partial charge in [-0.15, -0.1) is 0 Å². The number of hydrogen-bond acceptors (Lipinski definition) is 5. The van der Waals surface area contributed by atoms with E-state index in [0.29, 0.717) is 10.6 Å². The molecule has 0 fully saturated rings. The molecule has 0 saturated carbocycles. The van der Waals surface area contributed by atoms with Gasteiger partial charge in [0.15, 0.2) is 6.61 Å². The monoisotopic (exact) mass is 376 g/mol. The van der Waals surface area contributed by atoms with Crippen molar-refractivity contribution in [2.75, 3.05) is 6.61 Å². The van der Waals surface area contributed by atoms with E-state index in [1.54, 1.807) is 31.2 Å². The number of carbonyl (C=O) groups is 2. The predicted molar refractivity (Wildman–Crippen MR) is 96.1 cm³/mol. The summed E-state index contributed by atoms with van der Waals surface area (Å²) >= 11 is 5.82. The molecule has 0 heterocycles. The molecule has 1 amide bonds. The number of nitro groups is 1. The lowest BCUT2D eigenvalue weighted by Gasteiger charge is -2.14. The Morgan fingerprint density at radius 3 is 2.50 bits per heavy atom. The van der Waals surface area contributed by atoms with E-state index in [0.717, 1.165) is 5.56 Å². The van der Waals surface area contributed by atoms with Gasteiger partial charge in [-0.25, -0.2) is 4.79 Å². The Labute approximate surface area is 155 Å². The Morgan fingerprint density at radius 2 is 1.88 bits per heavy atom. The second-order valence-electron chi connectivity index (χ2n) is 5.65. The molecule has 7 nitrogen and oxygen atoms in total. The average molecular weight is 377 g/mol. The first-order valence-electron chi connectivity index (χ1n) is 7.75. The van der Waals surface area contributed by atoms with Crippen molar-refractivity contribution in [3.63, 3.8) is 0 Å². The standard InChI is InChI=1S/C18H17ClN2O5/c1-11-4-3-5-15(17(11)21(24)25)18(23)26-10-16(22)20-12(2)13-6-8-14(19)9-7-13/h3-9,12H,10H2,1-2H3,(H,20,22)/t12-/m1/s1. The molecule has 0 saturated heterocycles. The SMILES string of the molecule is Cc1cccc(C(=O)OCC(=O)N[C@H](C)c2ccc(Cl)cc2)c1[N+](=O)[O-]. The maximum atomic E-state index is 12.1. The topological polar surface area (TPSA) is 98.5 Å². The highest BCUT2D eigenvalue weighted by Crippen LogP contribution is 2.23. The molecule has 0 aromatic heterocycles. The van der Waals surface area contributed by atoms with Crippen LogP contribution >= 0.6 is 11.6 Å². The van der Waals surface area contributed by atoms with Gasteiger partial charge < -0.3 is 10.1 Å². The van der Waals surface area contributed by atoms with Crippen LogP contribution in [0.2, 0.25) is 5.02 Å². The highest BCUT2D eigenvalue weighted by Gasteiger charge is 2.24. The minimum atomic E-state index is -0.922. The first-order chi connectivity index (χ1) is 12.3. The molecule has 0 aliphatic carbocycles. The number of halogens is 1. The Balaban J connectivity index is 1.97. The summed E-state index contributed by atoms with van der Waals surface area (Å²) in [6.07, 6.45) is 0. The number of hydrogen-bond donors (Lipinski definition) is 1. The van der Waals surface area contributed by atoms with Crippen molar-refractivity contribution in [2.45, 2.75) is 19.9 Å². The van der Waals surface area contributed by atoms with Crippen molar-refractivity contribution in [1.29, 1.82) is 0 Å². The van der Waals surface area contributed by atoms with Crippen LogP contribution in [0.15, 0.2) is 42.5 Å². The quantitative estimate of drug-likeness (QED) is 0.472. The minimum Gasteiger partial charge on any atom is -0.452 e. The van der Waals surface area contributed by atoms with Gasteiger partial charge in [0.25, 0.3) is 11.6 Å². The number of esters is 1. The zero-order valence-electron chi connectivity index (χ0n) is 14.2. The molecule has 0 spiro atoms. The number of nitrogens with zero attached hydrogens (tertiary/aromatic N) is 1. The van der Waals surface area contributed by atoms with Gasteiger partial charge in [0.1, 0.15) is 5.56 Å². The van der Waals surface area contributed by atoms with Crippen LogP contribution in [0.25, 0.3) is 0 Å². The number of carbonyl (C=O) groups excluding carboxylic acids is 2. The number of rotatable bonds is 6. The van der Waals surface area contributed by atoms with Crippen molar-refractivity contribution < 1.29 is 19.2 Å². The summed E-state index contributed by atoms with van der Waals surface area (Å²) in [5.74, 6) is -1.44. The molecule has 136 valence electrons. The van der Waals surface area contributed by atoms with Crippen molar-refractivity contribution in [3.05, 3.63) is 74.3 Å². The first-order valence-corrected chi connectivity index (χ1v) is 8.13. The highest BCUT2D eigenvalue weighted by molar-refractivity contribution is 6.30. The molecule has 2 aromatic carbocycles. The van der Waals surface area contributed by atoms with E-state index in [9.17, 15) is 19.7 Å². The molecule has 0 aliphatic heterocycles. The summed E-state index contributed by atoms with van der Waals surface area (Å²) in [6.45, 7) is 2.76. The second kappa shape index (κ2) is 8.44. The summed E-state index contributed by atoms with van der Waals surface area (Å²) in [7, 11) is 0. The van der Waals surface area contributed by atoms with E-state index in [1.807, 2.05) is 0 Å². The molecule has 0 unspecified atom stereocenters. The van der Waals surface area contributed by atoms with Gasteiger partial charge in [0.2, 0.25) is 0 Å². The van der Waals surface area contributed by atoms with Gasteiger partial charge >= 0.3 is 5.97 Å². The van der Waals surface area contributed by atoms with Gasteiger partial charge in [-0.05, 0) is 37.6 Å². The molecular formula is C18H17ClN2O5. The zero-order valence-corrected chi connectivity index (χ0v) is 14.9. The molecule has 26 heavy (non-hydrogen) atoms. The van der Waals surface area contributed by atoms with Crippen LogP contribution in [0.4, 0.5) is 5.69 Å². The summed E-state index contributed by atoms with van der Waals surface area (Å²) in [5, 5.41) is 14.4.